The molecule has 0 aliphatic carbocycles. The lowest BCUT2D eigenvalue weighted by molar-refractivity contribution is 0.0799. The molecule has 3 heterocycles. The Labute approximate surface area is 195 Å². The SMILES string of the molecule is CNC1CCOCC1.COc1ccc2nc(C)nc(SCC(=O)c3ccc(C=O)s3)c2c1. The van der Waals surface area contributed by atoms with Crippen molar-refractivity contribution in [2.45, 2.75) is 30.8 Å². The van der Waals surface area contributed by atoms with E-state index in [9.17, 15) is 9.59 Å². The molecule has 0 radical (unpaired) electrons. The number of carbonyl (C=O) groups is 2. The van der Waals surface area contributed by atoms with Crippen molar-refractivity contribution in [2.75, 3.05) is 33.1 Å². The molecule has 4 rings (SSSR count). The summed E-state index contributed by atoms with van der Waals surface area (Å²) in [4.78, 5) is 33.0. The van der Waals surface area contributed by atoms with Gasteiger partial charge in [-0.05, 0) is 57.1 Å². The molecule has 1 aromatic carbocycles. The quantitative estimate of drug-likeness (QED) is 0.237. The Bertz CT molecular complexity index is 1060. The first-order valence-electron chi connectivity index (χ1n) is 10.3. The lowest BCUT2D eigenvalue weighted by Gasteiger charge is -2.20. The number of thioether (sulfide) groups is 1. The van der Waals surface area contributed by atoms with Gasteiger partial charge in [-0.1, -0.05) is 11.8 Å². The van der Waals surface area contributed by atoms with Gasteiger partial charge in [0.2, 0.25) is 0 Å². The predicted octanol–water partition coefficient (Wildman–Crippen LogP) is 4.18. The molecule has 1 aliphatic heterocycles. The Kier molecular flexibility index (Phi) is 9.16. The second-order valence-corrected chi connectivity index (χ2v) is 9.25. The Hall–Kier alpha value is -2.33. The molecular formula is C23H27N3O4S2. The normalized spacial score (nSPS) is 14.0. The van der Waals surface area contributed by atoms with Crippen LogP contribution >= 0.6 is 23.1 Å². The zero-order valence-corrected chi connectivity index (χ0v) is 20.1. The smallest absolute Gasteiger partial charge is 0.183 e. The molecule has 0 unspecified atom stereocenters. The summed E-state index contributed by atoms with van der Waals surface area (Å²) in [5.74, 6) is 1.60. The molecule has 0 spiro atoms. The summed E-state index contributed by atoms with van der Waals surface area (Å²) in [6.07, 6.45) is 3.11. The highest BCUT2D eigenvalue weighted by Crippen LogP contribution is 2.29. The Morgan fingerprint density at radius 3 is 2.69 bits per heavy atom. The Morgan fingerprint density at radius 2 is 2.06 bits per heavy atom. The van der Waals surface area contributed by atoms with Crippen LogP contribution in [0.2, 0.25) is 0 Å². The van der Waals surface area contributed by atoms with Crippen LogP contribution in [-0.2, 0) is 4.74 Å². The minimum absolute atomic E-state index is 0.0228. The number of carbonyl (C=O) groups excluding carboxylic acids is 2. The highest BCUT2D eigenvalue weighted by atomic mass is 32.2. The molecule has 0 amide bonds. The zero-order valence-electron chi connectivity index (χ0n) is 18.4. The molecule has 9 heteroatoms. The molecule has 1 N–H and O–H groups in total. The van der Waals surface area contributed by atoms with Crippen molar-refractivity contribution in [2.24, 2.45) is 0 Å². The summed E-state index contributed by atoms with van der Waals surface area (Å²) in [7, 11) is 3.62. The molecule has 7 nitrogen and oxygen atoms in total. The first-order chi connectivity index (χ1) is 15.5. The maximum absolute atomic E-state index is 12.3. The van der Waals surface area contributed by atoms with Crippen molar-refractivity contribution in [3.8, 4) is 5.75 Å². The van der Waals surface area contributed by atoms with E-state index in [0.717, 1.165) is 41.2 Å². The molecule has 2 aromatic heterocycles. The largest absolute Gasteiger partial charge is 0.497 e. The van der Waals surface area contributed by atoms with E-state index in [4.69, 9.17) is 9.47 Å². The second-order valence-electron chi connectivity index (χ2n) is 7.17. The summed E-state index contributed by atoms with van der Waals surface area (Å²) in [6.45, 7) is 3.70. The minimum Gasteiger partial charge on any atom is -0.497 e. The van der Waals surface area contributed by atoms with Gasteiger partial charge in [0.25, 0.3) is 0 Å². The standard InChI is InChI=1S/C17H14N2O3S2.C6H13NO/c1-10-18-14-5-3-11(22-2)7-13(14)17(19-10)23-9-15(21)16-6-4-12(8-20)24-16;1-7-6-2-4-8-5-3-6/h3-8H,9H2,1-2H3;6-7H,2-5H2,1H3. The molecule has 1 aliphatic rings. The van der Waals surface area contributed by atoms with E-state index in [0.29, 0.717) is 21.6 Å². The van der Waals surface area contributed by atoms with Crippen LogP contribution in [0.25, 0.3) is 10.9 Å². The lowest BCUT2D eigenvalue weighted by atomic mass is 10.1. The number of hydrogen-bond acceptors (Lipinski definition) is 9. The summed E-state index contributed by atoms with van der Waals surface area (Å²) >= 11 is 2.57. The van der Waals surface area contributed by atoms with Gasteiger partial charge in [0.1, 0.15) is 16.6 Å². The van der Waals surface area contributed by atoms with Crippen LogP contribution in [0.1, 0.15) is 38.0 Å². The van der Waals surface area contributed by atoms with E-state index in [1.54, 1.807) is 19.2 Å². The third kappa shape index (κ3) is 6.59. The van der Waals surface area contributed by atoms with Crippen LogP contribution < -0.4 is 10.1 Å². The van der Waals surface area contributed by atoms with Crippen molar-refractivity contribution < 1.29 is 19.1 Å². The van der Waals surface area contributed by atoms with Crippen molar-refractivity contribution in [1.82, 2.24) is 15.3 Å². The molecule has 0 saturated carbocycles. The number of methoxy groups -OCH3 is 1. The summed E-state index contributed by atoms with van der Waals surface area (Å²) in [5, 5.41) is 4.83. The van der Waals surface area contributed by atoms with E-state index in [1.165, 1.54) is 35.9 Å². The van der Waals surface area contributed by atoms with Gasteiger partial charge in [-0.2, -0.15) is 0 Å². The lowest BCUT2D eigenvalue weighted by Crippen LogP contribution is -2.31. The van der Waals surface area contributed by atoms with Gasteiger partial charge in [0.15, 0.2) is 12.1 Å². The maximum Gasteiger partial charge on any atom is 0.183 e. The highest BCUT2D eigenvalue weighted by Gasteiger charge is 2.13. The van der Waals surface area contributed by atoms with Gasteiger partial charge >= 0.3 is 0 Å². The molecular weight excluding hydrogens is 446 g/mol. The summed E-state index contributed by atoms with van der Waals surface area (Å²) < 4.78 is 10.4. The van der Waals surface area contributed by atoms with Crippen molar-refractivity contribution >= 4 is 46.1 Å². The number of benzene rings is 1. The van der Waals surface area contributed by atoms with Gasteiger partial charge in [0.05, 0.1) is 28.1 Å². The fraction of sp³-hybridized carbons (Fsp3) is 0.391. The molecule has 0 atom stereocenters. The van der Waals surface area contributed by atoms with Crippen molar-refractivity contribution in [3.63, 3.8) is 0 Å². The van der Waals surface area contributed by atoms with E-state index >= 15 is 0 Å². The molecule has 32 heavy (non-hydrogen) atoms. The maximum atomic E-state index is 12.3. The van der Waals surface area contributed by atoms with Gasteiger partial charge in [-0.15, -0.1) is 11.3 Å². The van der Waals surface area contributed by atoms with Crippen molar-refractivity contribution in [1.29, 1.82) is 0 Å². The number of ketones is 1. The topological polar surface area (TPSA) is 90.4 Å². The highest BCUT2D eigenvalue weighted by molar-refractivity contribution is 8.00. The number of aldehydes is 1. The third-order valence-electron chi connectivity index (χ3n) is 4.97. The van der Waals surface area contributed by atoms with E-state index in [-0.39, 0.29) is 11.5 Å². The number of thiophene rings is 1. The number of rotatable bonds is 7. The average Bonchev–Trinajstić information content (AvgIpc) is 3.32. The molecule has 0 bridgehead atoms. The Morgan fingerprint density at radius 1 is 1.28 bits per heavy atom. The number of nitrogens with one attached hydrogen (secondary N) is 1. The monoisotopic (exact) mass is 473 g/mol. The minimum atomic E-state index is -0.0228. The van der Waals surface area contributed by atoms with Crippen LogP contribution in [0.5, 0.6) is 5.75 Å². The number of nitrogens with zero attached hydrogens (tertiary/aromatic N) is 2. The summed E-state index contributed by atoms with van der Waals surface area (Å²) in [5.41, 5.74) is 0.817. The first-order valence-corrected chi connectivity index (χ1v) is 12.1. The van der Waals surface area contributed by atoms with Crippen LogP contribution in [-0.4, -0.2) is 61.2 Å². The fourth-order valence-corrected chi connectivity index (χ4v) is 4.98. The number of aryl methyl sites for hydroxylation is 1. The number of hydrogen-bond donors (Lipinski definition) is 1. The van der Waals surface area contributed by atoms with Crippen LogP contribution in [0.4, 0.5) is 0 Å². The number of ether oxygens (including phenoxy) is 2. The van der Waals surface area contributed by atoms with Gasteiger partial charge < -0.3 is 14.8 Å². The number of fused-ring (bicyclic) bond motifs is 1. The van der Waals surface area contributed by atoms with Gasteiger partial charge in [0, 0.05) is 24.6 Å². The van der Waals surface area contributed by atoms with Crippen molar-refractivity contribution in [3.05, 3.63) is 45.9 Å². The molecule has 1 saturated heterocycles. The molecule has 1 fully saturated rings. The fourth-order valence-electron chi connectivity index (χ4n) is 3.18. The average molecular weight is 474 g/mol. The van der Waals surface area contributed by atoms with Gasteiger partial charge in [-0.25, -0.2) is 9.97 Å². The Balaban J connectivity index is 0.000000305. The van der Waals surface area contributed by atoms with E-state index in [1.807, 2.05) is 32.2 Å². The predicted molar refractivity (Wildman–Crippen MR) is 128 cm³/mol. The van der Waals surface area contributed by atoms with Crippen LogP contribution in [0, 0.1) is 6.92 Å². The number of aromatic nitrogens is 2. The number of Topliss-reactive ketones (excluding diaryl/α,β-unsaturated/α-hetero) is 1. The van der Waals surface area contributed by atoms with Crippen LogP contribution in [0.15, 0.2) is 35.4 Å². The zero-order chi connectivity index (χ0) is 22.9. The summed E-state index contributed by atoms with van der Waals surface area (Å²) in [6, 6.07) is 9.65. The van der Waals surface area contributed by atoms with Crippen LogP contribution in [0.3, 0.4) is 0 Å². The van der Waals surface area contributed by atoms with Gasteiger partial charge in [-0.3, -0.25) is 9.59 Å². The molecule has 3 aromatic rings. The van der Waals surface area contributed by atoms with E-state index < -0.39 is 0 Å². The second kappa shape index (κ2) is 12.1. The van der Waals surface area contributed by atoms with E-state index in [2.05, 4.69) is 15.3 Å². The third-order valence-corrected chi connectivity index (χ3v) is 7.01. The first kappa shape index (κ1) is 24.3. The molecule has 170 valence electrons.